The summed E-state index contributed by atoms with van der Waals surface area (Å²) in [5.74, 6) is -0.265. The van der Waals surface area contributed by atoms with Gasteiger partial charge >= 0.3 is 0 Å². The van der Waals surface area contributed by atoms with Crippen molar-refractivity contribution >= 4 is 17.7 Å². The fourth-order valence-corrected chi connectivity index (χ4v) is 1.78. The molecule has 7 nitrogen and oxygen atoms in total. The highest BCUT2D eigenvalue weighted by Crippen LogP contribution is 2.13. The highest BCUT2D eigenvalue weighted by atomic mass is 16.6. The van der Waals surface area contributed by atoms with Crippen LogP contribution in [0.3, 0.4) is 0 Å². The lowest BCUT2D eigenvalue weighted by Crippen LogP contribution is -2.47. The number of non-ortho nitro benzene ring substituents is 1. The van der Waals surface area contributed by atoms with E-state index in [1.807, 2.05) is 0 Å². The number of amides is 1. The minimum atomic E-state index is -0.467. The van der Waals surface area contributed by atoms with E-state index in [0.717, 1.165) is 0 Å². The SMILES string of the molecule is O=C(C=Cc1cccc([N+](=O)[O-])c1)NN1CCOCC1. The van der Waals surface area contributed by atoms with Gasteiger partial charge in [-0.05, 0) is 11.6 Å². The predicted molar refractivity (Wildman–Crippen MR) is 72.7 cm³/mol. The van der Waals surface area contributed by atoms with Crippen LogP contribution < -0.4 is 5.43 Å². The van der Waals surface area contributed by atoms with Crippen LogP contribution in [0.5, 0.6) is 0 Å². The van der Waals surface area contributed by atoms with Gasteiger partial charge in [0.25, 0.3) is 11.6 Å². The van der Waals surface area contributed by atoms with Gasteiger partial charge in [0.2, 0.25) is 0 Å². The minimum absolute atomic E-state index is 0.000683. The van der Waals surface area contributed by atoms with E-state index in [9.17, 15) is 14.9 Å². The molecule has 0 bridgehead atoms. The number of benzene rings is 1. The molecule has 1 fully saturated rings. The Hall–Kier alpha value is -2.25. The third kappa shape index (κ3) is 4.15. The summed E-state index contributed by atoms with van der Waals surface area (Å²) in [5, 5.41) is 12.4. The number of nitrogens with zero attached hydrogens (tertiary/aromatic N) is 2. The van der Waals surface area contributed by atoms with Crippen molar-refractivity contribution in [3.8, 4) is 0 Å². The quantitative estimate of drug-likeness (QED) is 0.503. The van der Waals surface area contributed by atoms with Gasteiger partial charge in [0.1, 0.15) is 0 Å². The van der Waals surface area contributed by atoms with Crippen LogP contribution in [0.15, 0.2) is 30.3 Å². The first-order valence-corrected chi connectivity index (χ1v) is 6.21. The fourth-order valence-electron chi connectivity index (χ4n) is 1.78. The lowest BCUT2D eigenvalue weighted by molar-refractivity contribution is -0.384. The lowest BCUT2D eigenvalue weighted by atomic mass is 10.2. The lowest BCUT2D eigenvalue weighted by Gasteiger charge is -2.26. The first-order valence-electron chi connectivity index (χ1n) is 6.21. The summed E-state index contributed by atoms with van der Waals surface area (Å²) in [7, 11) is 0. The van der Waals surface area contributed by atoms with Crippen LogP contribution in [0.4, 0.5) is 5.69 Å². The standard InChI is InChI=1S/C13H15N3O4/c17-13(14-15-6-8-20-9-7-15)5-4-11-2-1-3-12(10-11)16(18)19/h1-5,10H,6-9H2,(H,14,17). The van der Waals surface area contributed by atoms with Crippen molar-refractivity contribution in [2.45, 2.75) is 0 Å². The summed E-state index contributed by atoms with van der Waals surface area (Å²) in [6, 6.07) is 6.10. The molecule has 1 amide bonds. The predicted octanol–water partition coefficient (Wildman–Crippen LogP) is 0.971. The Morgan fingerprint density at radius 2 is 2.15 bits per heavy atom. The Morgan fingerprint density at radius 3 is 2.85 bits per heavy atom. The summed E-state index contributed by atoms with van der Waals surface area (Å²) >= 11 is 0. The molecule has 1 heterocycles. The number of rotatable bonds is 4. The van der Waals surface area contributed by atoms with Crippen LogP contribution >= 0.6 is 0 Å². The van der Waals surface area contributed by atoms with Gasteiger partial charge in [-0.25, -0.2) is 5.01 Å². The highest BCUT2D eigenvalue weighted by molar-refractivity contribution is 5.91. The number of carbonyl (C=O) groups excluding carboxylic acids is 1. The number of hydrazine groups is 1. The zero-order valence-electron chi connectivity index (χ0n) is 10.8. The van der Waals surface area contributed by atoms with E-state index in [4.69, 9.17) is 4.74 Å². The maximum atomic E-state index is 11.7. The molecular weight excluding hydrogens is 262 g/mol. The molecule has 2 rings (SSSR count). The second-order valence-electron chi connectivity index (χ2n) is 4.26. The molecule has 1 N–H and O–H groups in total. The normalized spacial score (nSPS) is 16.2. The van der Waals surface area contributed by atoms with Crippen LogP contribution in [0.2, 0.25) is 0 Å². The molecule has 0 unspecified atom stereocenters. The Kier molecular flexibility index (Phi) is 4.80. The number of carbonyl (C=O) groups is 1. The molecule has 20 heavy (non-hydrogen) atoms. The Morgan fingerprint density at radius 1 is 1.40 bits per heavy atom. The van der Waals surface area contributed by atoms with Crippen LogP contribution in [0.25, 0.3) is 6.08 Å². The molecule has 1 saturated heterocycles. The molecule has 1 aliphatic heterocycles. The third-order valence-electron chi connectivity index (χ3n) is 2.79. The van der Waals surface area contributed by atoms with Gasteiger partial charge < -0.3 is 4.74 Å². The number of nitro benzene ring substituents is 1. The van der Waals surface area contributed by atoms with Gasteiger partial charge in [-0.15, -0.1) is 0 Å². The Balaban J connectivity index is 1.92. The van der Waals surface area contributed by atoms with Gasteiger partial charge in [-0.3, -0.25) is 20.3 Å². The minimum Gasteiger partial charge on any atom is -0.379 e. The van der Waals surface area contributed by atoms with Crippen molar-refractivity contribution in [2.24, 2.45) is 0 Å². The molecule has 106 valence electrons. The third-order valence-corrected chi connectivity index (χ3v) is 2.79. The Labute approximate surface area is 115 Å². The summed E-state index contributed by atoms with van der Waals surface area (Å²) in [6.45, 7) is 2.48. The van der Waals surface area contributed by atoms with Crippen molar-refractivity contribution in [1.29, 1.82) is 0 Å². The van der Waals surface area contributed by atoms with E-state index >= 15 is 0 Å². The van der Waals surface area contributed by atoms with Crippen LogP contribution in [0.1, 0.15) is 5.56 Å². The van der Waals surface area contributed by atoms with Crippen molar-refractivity contribution in [1.82, 2.24) is 10.4 Å². The molecule has 1 aliphatic rings. The Bertz CT molecular complexity index is 524. The molecular formula is C13H15N3O4. The first kappa shape index (κ1) is 14.2. The fraction of sp³-hybridized carbons (Fsp3) is 0.308. The number of nitro groups is 1. The van der Waals surface area contributed by atoms with Crippen LogP contribution in [-0.2, 0) is 9.53 Å². The van der Waals surface area contributed by atoms with Gasteiger partial charge in [-0.2, -0.15) is 0 Å². The smallest absolute Gasteiger partial charge is 0.270 e. The topological polar surface area (TPSA) is 84.7 Å². The number of morpholine rings is 1. The molecule has 0 radical (unpaired) electrons. The number of ether oxygens (including phenoxy) is 1. The summed E-state index contributed by atoms with van der Waals surface area (Å²) in [5.41, 5.74) is 3.33. The largest absolute Gasteiger partial charge is 0.379 e. The molecule has 0 atom stereocenters. The van der Waals surface area contributed by atoms with Gasteiger partial charge in [-0.1, -0.05) is 12.1 Å². The molecule has 7 heteroatoms. The zero-order valence-corrected chi connectivity index (χ0v) is 10.8. The van der Waals surface area contributed by atoms with E-state index < -0.39 is 4.92 Å². The van der Waals surface area contributed by atoms with Crippen molar-refractivity contribution in [2.75, 3.05) is 26.3 Å². The average molecular weight is 277 g/mol. The van der Waals surface area contributed by atoms with Gasteiger partial charge in [0.05, 0.1) is 18.1 Å². The highest BCUT2D eigenvalue weighted by Gasteiger charge is 2.11. The maximum absolute atomic E-state index is 11.7. The average Bonchev–Trinajstić information content (AvgIpc) is 2.46. The summed E-state index contributed by atoms with van der Waals surface area (Å²) in [4.78, 5) is 21.9. The van der Waals surface area contributed by atoms with Crippen LogP contribution in [0, 0.1) is 10.1 Å². The summed E-state index contributed by atoms with van der Waals surface area (Å²) < 4.78 is 5.17. The molecule has 0 spiro atoms. The van der Waals surface area contributed by atoms with Crippen LogP contribution in [-0.4, -0.2) is 42.1 Å². The second-order valence-corrected chi connectivity index (χ2v) is 4.26. The number of hydrogen-bond acceptors (Lipinski definition) is 5. The molecule has 0 saturated carbocycles. The summed E-state index contributed by atoms with van der Waals surface area (Å²) in [6.07, 6.45) is 2.90. The zero-order chi connectivity index (χ0) is 14.4. The molecule has 0 aromatic heterocycles. The monoisotopic (exact) mass is 277 g/mol. The molecule has 1 aromatic carbocycles. The van der Waals surface area contributed by atoms with Gasteiger partial charge in [0, 0.05) is 31.3 Å². The van der Waals surface area contributed by atoms with Crippen molar-refractivity contribution in [3.63, 3.8) is 0 Å². The van der Waals surface area contributed by atoms with E-state index in [1.54, 1.807) is 23.2 Å². The maximum Gasteiger partial charge on any atom is 0.270 e. The van der Waals surface area contributed by atoms with E-state index in [-0.39, 0.29) is 11.6 Å². The first-order chi connectivity index (χ1) is 9.65. The van der Waals surface area contributed by atoms with Crippen molar-refractivity contribution < 1.29 is 14.5 Å². The van der Waals surface area contributed by atoms with E-state index in [0.29, 0.717) is 31.9 Å². The number of hydrogen-bond donors (Lipinski definition) is 1. The molecule has 0 aliphatic carbocycles. The van der Waals surface area contributed by atoms with E-state index in [1.165, 1.54) is 18.2 Å². The molecule has 1 aromatic rings. The van der Waals surface area contributed by atoms with Crippen molar-refractivity contribution in [3.05, 3.63) is 46.0 Å². The van der Waals surface area contributed by atoms with Gasteiger partial charge in [0.15, 0.2) is 0 Å². The second kappa shape index (κ2) is 6.78. The van der Waals surface area contributed by atoms with E-state index in [2.05, 4.69) is 5.43 Å². The number of nitrogens with one attached hydrogen (secondary N) is 1.